The molecule has 0 aliphatic carbocycles. The molecule has 6 heteroatoms. The predicted molar refractivity (Wildman–Crippen MR) is 77.6 cm³/mol. The molecule has 0 bridgehead atoms. The first kappa shape index (κ1) is 15.1. The lowest BCUT2D eigenvalue weighted by molar-refractivity contribution is 0.0886. The minimum Gasteiger partial charge on any atom is -0.396 e. The molecular weight excluding hydrogens is 370 g/mol. The lowest BCUT2D eigenvalue weighted by atomic mass is 9.94. The topological polar surface area (TPSA) is 49.3 Å². The molecule has 0 aromatic carbocycles. The Labute approximate surface area is 122 Å². The van der Waals surface area contributed by atoms with Gasteiger partial charge in [0.2, 0.25) is 0 Å². The molecule has 1 rings (SSSR count). The van der Waals surface area contributed by atoms with Crippen molar-refractivity contribution in [3.05, 3.63) is 19.2 Å². The fraction of sp³-hybridized carbons (Fsp3) is 0.545. The molecular formula is C11H15Br2NO2S. The van der Waals surface area contributed by atoms with Crippen LogP contribution in [0.2, 0.25) is 0 Å². The number of aliphatic hydroxyl groups is 1. The summed E-state index contributed by atoms with van der Waals surface area (Å²) >= 11 is 8.18. The largest absolute Gasteiger partial charge is 0.396 e. The van der Waals surface area contributed by atoms with Gasteiger partial charge in [-0.05, 0) is 57.7 Å². The SMILES string of the molecule is CCC(C)(CCO)NC(=O)c1cc(Br)sc1Br. The van der Waals surface area contributed by atoms with E-state index in [4.69, 9.17) is 5.11 Å². The molecule has 1 aromatic heterocycles. The van der Waals surface area contributed by atoms with E-state index in [1.165, 1.54) is 11.3 Å². The smallest absolute Gasteiger partial charge is 0.253 e. The monoisotopic (exact) mass is 383 g/mol. The van der Waals surface area contributed by atoms with Crippen molar-refractivity contribution in [2.75, 3.05) is 6.61 Å². The van der Waals surface area contributed by atoms with Gasteiger partial charge in [-0.25, -0.2) is 0 Å². The van der Waals surface area contributed by atoms with Gasteiger partial charge in [-0.1, -0.05) is 6.92 Å². The maximum Gasteiger partial charge on any atom is 0.253 e. The molecule has 0 spiro atoms. The average molecular weight is 385 g/mol. The Morgan fingerprint density at radius 2 is 2.24 bits per heavy atom. The lowest BCUT2D eigenvalue weighted by Gasteiger charge is -2.28. The van der Waals surface area contributed by atoms with E-state index in [1.54, 1.807) is 6.07 Å². The van der Waals surface area contributed by atoms with Gasteiger partial charge in [0, 0.05) is 12.1 Å². The fourth-order valence-electron chi connectivity index (χ4n) is 1.41. The van der Waals surface area contributed by atoms with Crippen molar-refractivity contribution < 1.29 is 9.90 Å². The van der Waals surface area contributed by atoms with E-state index >= 15 is 0 Å². The van der Waals surface area contributed by atoms with E-state index in [0.29, 0.717) is 12.0 Å². The molecule has 2 N–H and O–H groups in total. The van der Waals surface area contributed by atoms with Crippen LogP contribution >= 0.6 is 43.2 Å². The molecule has 3 nitrogen and oxygen atoms in total. The highest BCUT2D eigenvalue weighted by atomic mass is 79.9. The second-order valence-corrected chi connectivity index (χ2v) is 7.83. The summed E-state index contributed by atoms with van der Waals surface area (Å²) in [6, 6.07) is 1.79. The minimum absolute atomic E-state index is 0.0686. The molecule has 0 saturated carbocycles. The fourth-order valence-corrected chi connectivity index (χ4v) is 4.20. The normalized spacial score (nSPS) is 14.4. The van der Waals surface area contributed by atoms with Crippen LogP contribution in [0.4, 0.5) is 0 Å². The van der Waals surface area contributed by atoms with Gasteiger partial charge in [-0.2, -0.15) is 0 Å². The highest BCUT2D eigenvalue weighted by molar-refractivity contribution is 9.12. The summed E-state index contributed by atoms with van der Waals surface area (Å²) in [6.07, 6.45) is 1.33. The van der Waals surface area contributed by atoms with Gasteiger partial charge < -0.3 is 10.4 Å². The molecule has 1 amide bonds. The summed E-state index contributed by atoms with van der Waals surface area (Å²) in [5, 5.41) is 12.0. The first-order valence-electron chi connectivity index (χ1n) is 5.30. The van der Waals surface area contributed by atoms with Crippen molar-refractivity contribution in [2.45, 2.75) is 32.2 Å². The molecule has 0 radical (unpaired) electrons. The van der Waals surface area contributed by atoms with Gasteiger partial charge in [0.1, 0.15) is 0 Å². The Morgan fingerprint density at radius 1 is 1.59 bits per heavy atom. The van der Waals surface area contributed by atoms with Gasteiger partial charge in [0.15, 0.2) is 0 Å². The van der Waals surface area contributed by atoms with Gasteiger partial charge in [-0.15, -0.1) is 11.3 Å². The number of carbonyl (C=O) groups excluding carboxylic acids is 1. The highest BCUT2D eigenvalue weighted by Gasteiger charge is 2.25. The Balaban J connectivity index is 2.81. The van der Waals surface area contributed by atoms with Crippen LogP contribution in [0.25, 0.3) is 0 Å². The summed E-state index contributed by atoms with van der Waals surface area (Å²) < 4.78 is 1.72. The van der Waals surface area contributed by atoms with Gasteiger partial charge in [-0.3, -0.25) is 4.79 Å². The zero-order valence-corrected chi connectivity index (χ0v) is 13.7. The molecule has 1 unspecified atom stereocenters. The second kappa shape index (κ2) is 6.31. The quantitative estimate of drug-likeness (QED) is 0.815. The molecule has 1 atom stereocenters. The summed E-state index contributed by atoms with van der Waals surface area (Å²) in [7, 11) is 0. The van der Waals surface area contributed by atoms with Crippen LogP contribution < -0.4 is 5.32 Å². The number of rotatable bonds is 5. The molecule has 0 fully saturated rings. The van der Waals surface area contributed by atoms with Crippen LogP contribution in [0, 0.1) is 0 Å². The Kier molecular flexibility index (Phi) is 5.63. The molecule has 0 aliphatic heterocycles. The lowest BCUT2D eigenvalue weighted by Crippen LogP contribution is -2.46. The maximum atomic E-state index is 12.1. The van der Waals surface area contributed by atoms with Crippen molar-refractivity contribution in [3.63, 3.8) is 0 Å². The van der Waals surface area contributed by atoms with Crippen LogP contribution in [0.15, 0.2) is 13.6 Å². The predicted octanol–water partition coefficient (Wildman–Crippen LogP) is 3.55. The van der Waals surface area contributed by atoms with E-state index in [0.717, 1.165) is 14.0 Å². The molecule has 17 heavy (non-hydrogen) atoms. The van der Waals surface area contributed by atoms with Crippen molar-refractivity contribution in [3.8, 4) is 0 Å². The van der Waals surface area contributed by atoms with E-state index < -0.39 is 0 Å². The Morgan fingerprint density at radius 3 is 2.65 bits per heavy atom. The number of hydrogen-bond donors (Lipinski definition) is 2. The number of amides is 1. The second-order valence-electron chi connectivity index (χ2n) is 4.08. The van der Waals surface area contributed by atoms with Crippen LogP contribution in [-0.4, -0.2) is 23.2 Å². The first-order chi connectivity index (χ1) is 7.91. The number of thiophene rings is 1. The molecule has 1 heterocycles. The third kappa shape index (κ3) is 4.05. The number of nitrogens with one attached hydrogen (secondary N) is 1. The number of hydrogen-bond acceptors (Lipinski definition) is 3. The van der Waals surface area contributed by atoms with Crippen molar-refractivity contribution in [1.82, 2.24) is 5.32 Å². The Hall–Kier alpha value is 0.0900. The number of carbonyl (C=O) groups is 1. The summed E-state index contributed by atoms with van der Waals surface area (Å²) in [6.45, 7) is 4.00. The maximum absolute atomic E-state index is 12.1. The van der Waals surface area contributed by atoms with Crippen LogP contribution in [-0.2, 0) is 0 Å². The van der Waals surface area contributed by atoms with E-state index in [1.807, 2.05) is 13.8 Å². The number of halogens is 2. The van der Waals surface area contributed by atoms with Crippen LogP contribution in [0.3, 0.4) is 0 Å². The van der Waals surface area contributed by atoms with E-state index in [2.05, 4.69) is 37.2 Å². The Bertz CT molecular complexity index is 408. The summed E-state index contributed by atoms with van der Waals surface area (Å²) in [5.41, 5.74) is 0.263. The molecule has 96 valence electrons. The summed E-state index contributed by atoms with van der Waals surface area (Å²) in [4.78, 5) is 12.1. The van der Waals surface area contributed by atoms with E-state index in [9.17, 15) is 4.79 Å². The van der Waals surface area contributed by atoms with Crippen molar-refractivity contribution in [1.29, 1.82) is 0 Å². The highest BCUT2D eigenvalue weighted by Crippen LogP contribution is 2.32. The van der Waals surface area contributed by atoms with Gasteiger partial charge >= 0.3 is 0 Å². The third-order valence-electron chi connectivity index (χ3n) is 2.76. The third-order valence-corrected chi connectivity index (χ3v) is 5.10. The zero-order chi connectivity index (χ0) is 13.1. The van der Waals surface area contributed by atoms with Crippen LogP contribution in [0.5, 0.6) is 0 Å². The number of aliphatic hydroxyl groups excluding tert-OH is 1. The van der Waals surface area contributed by atoms with Gasteiger partial charge in [0.25, 0.3) is 5.91 Å². The van der Waals surface area contributed by atoms with E-state index in [-0.39, 0.29) is 18.1 Å². The minimum atomic E-state index is -0.361. The summed E-state index contributed by atoms with van der Waals surface area (Å²) in [5.74, 6) is -0.114. The zero-order valence-electron chi connectivity index (χ0n) is 9.72. The standard InChI is InChI=1S/C11H15Br2NO2S/c1-3-11(2,4-5-15)14-10(16)7-6-8(12)17-9(7)13/h6,15H,3-5H2,1-2H3,(H,14,16). The molecule has 0 saturated heterocycles. The van der Waals surface area contributed by atoms with Crippen molar-refractivity contribution in [2.24, 2.45) is 0 Å². The molecule has 1 aromatic rings. The van der Waals surface area contributed by atoms with Gasteiger partial charge in [0.05, 0.1) is 13.1 Å². The average Bonchev–Trinajstić information content (AvgIpc) is 2.58. The first-order valence-corrected chi connectivity index (χ1v) is 7.70. The molecule has 0 aliphatic rings. The van der Waals surface area contributed by atoms with Crippen molar-refractivity contribution >= 4 is 49.1 Å². The van der Waals surface area contributed by atoms with Crippen LogP contribution in [0.1, 0.15) is 37.0 Å².